The van der Waals surface area contributed by atoms with Crippen LogP contribution in [0.2, 0.25) is 0 Å². The van der Waals surface area contributed by atoms with Crippen LogP contribution in [0.3, 0.4) is 0 Å². The Labute approximate surface area is 118 Å². The Bertz CT molecular complexity index is 502. The van der Waals surface area contributed by atoms with Gasteiger partial charge in [-0.15, -0.1) is 0 Å². The maximum absolute atomic E-state index is 12.6. The molecule has 1 aromatic rings. The number of carbonyl (C=O) groups excluding carboxylic acids is 1. The maximum Gasteiger partial charge on any atom is 0.254 e. The number of piperidine rings is 1. The van der Waals surface area contributed by atoms with Gasteiger partial charge in [0.1, 0.15) is 0 Å². The molecule has 5 heteroatoms. The molecule has 5 nitrogen and oxygen atoms in total. The fraction of sp³-hybridized carbons (Fsp3) is 0.533. The molecule has 1 amide bonds. The number of likely N-dealkylation sites (tertiary alicyclic amines) is 1. The third-order valence-corrected chi connectivity index (χ3v) is 3.92. The van der Waals surface area contributed by atoms with Crippen LogP contribution in [0.4, 0.5) is 0 Å². The lowest BCUT2D eigenvalue weighted by Gasteiger charge is -2.32. The van der Waals surface area contributed by atoms with Crippen molar-refractivity contribution < 1.29 is 14.3 Å². The summed E-state index contributed by atoms with van der Waals surface area (Å²) in [6.07, 6.45) is 2.26. The van der Waals surface area contributed by atoms with E-state index in [4.69, 9.17) is 9.47 Å². The summed E-state index contributed by atoms with van der Waals surface area (Å²) in [4.78, 5) is 14.5. The number of benzene rings is 1. The van der Waals surface area contributed by atoms with Gasteiger partial charge in [-0.25, -0.2) is 0 Å². The van der Waals surface area contributed by atoms with Crippen LogP contribution in [0.1, 0.15) is 23.2 Å². The number of hydrogen-bond donors (Lipinski definition) is 1. The van der Waals surface area contributed by atoms with E-state index in [-0.39, 0.29) is 12.7 Å². The van der Waals surface area contributed by atoms with Gasteiger partial charge in [0.05, 0.1) is 0 Å². The summed E-state index contributed by atoms with van der Waals surface area (Å²) >= 11 is 0. The van der Waals surface area contributed by atoms with Gasteiger partial charge in [-0.05, 0) is 50.6 Å². The molecule has 0 aromatic heterocycles. The van der Waals surface area contributed by atoms with Gasteiger partial charge in [-0.3, -0.25) is 4.79 Å². The van der Waals surface area contributed by atoms with Crippen molar-refractivity contribution in [2.45, 2.75) is 12.8 Å². The third kappa shape index (κ3) is 2.58. The third-order valence-electron chi connectivity index (χ3n) is 3.92. The SMILES string of the molecule is CNCC1CCCN(C(=O)c2ccc3c(c2)OCO3)C1. The van der Waals surface area contributed by atoms with Crippen LogP contribution in [0, 0.1) is 5.92 Å². The van der Waals surface area contributed by atoms with Crippen molar-refractivity contribution in [3.8, 4) is 11.5 Å². The van der Waals surface area contributed by atoms with Gasteiger partial charge in [-0.2, -0.15) is 0 Å². The first-order valence-electron chi connectivity index (χ1n) is 7.11. The molecule has 0 aliphatic carbocycles. The molecule has 2 aliphatic heterocycles. The van der Waals surface area contributed by atoms with Crippen LogP contribution >= 0.6 is 0 Å². The first-order chi connectivity index (χ1) is 9.78. The van der Waals surface area contributed by atoms with Gasteiger partial charge in [0.25, 0.3) is 5.91 Å². The zero-order valence-corrected chi connectivity index (χ0v) is 11.7. The monoisotopic (exact) mass is 276 g/mol. The molecule has 1 aromatic carbocycles. The average Bonchev–Trinajstić information content (AvgIpc) is 2.94. The van der Waals surface area contributed by atoms with E-state index in [1.54, 1.807) is 6.07 Å². The number of ether oxygens (including phenoxy) is 2. The van der Waals surface area contributed by atoms with E-state index in [1.165, 1.54) is 6.42 Å². The van der Waals surface area contributed by atoms with Crippen LogP contribution in [-0.4, -0.2) is 44.3 Å². The Kier molecular flexibility index (Phi) is 3.78. The minimum absolute atomic E-state index is 0.0871. The van der Waals surface area contributed by atoms with E-state index in [9.17, 15) is 4.79 Å². The van der Waals surface area contributed by atoms with Crippen molar-refractivity contribution in [2.75, 3.05) is 33.5 Å². The Hall–Kier alpha value is -1.75. The molecule has 1 atom stereocenters. The summed E-state index contributed by atoms with van der Waals surface area (Å²) in [7, 11) is 1.96. The second-order valence-corrected chi connectivity index (χ2v) is 5.39. The highest BCUT2D eigenvalue weighted by molar-refractivity contribution is 5.95. The van der Waals surface area contributed by atoms with Gasteiger partial charge in [0.2, 0.25) is 6.79 Å². The van der Waals surface area contributed by atoms with Crippen molar-refractivity contribution in [2.24, 2.45) is 5.92 Å². The van der Waals surface area contributed by atoms with E-state index in [0.29, 0.717) is 23.0 Å². The number of rotatable bonds is 3. The van der Waals surface area contributed by atoms with Crippen molar-refractivity contribution in [1.29, 1.82) is 0 Å². The maximum atomic E-state index is 12.6. The zero-order chi connectivity index (χ0) is 13.9. The summed E-state index contributed by atoms with van der Waals surface area (Å²) in [6, 6.07) is 5.41. The van der Waals surface area contributed by atoms with E-state index >= 15 is 0 Å². The largest absolute Gasteiger partial charge is 0.454 e. The first kappa shape index (κ1) is 13.2. The minimum atomic E-state index is 0.0871. The van der Waals surface area contributed by atoms with Crippen LogP contribution in [0.5, 0.6) is 11.5 Å². The molecule has 1 unspecified atom stereocenters. The molecular formula is C15H20N2O3. The molecule has 1 fully saturated rings. The predicted molar refractivity (Wildman–Crippen MR) is 75.1 cm³/mol. The Balaban J connectivity index is 1.72. The normalized spacial score (nSPS) is 21.1. The molecule has 0 spiro atoms. The van der Waals surface area contributed by atoms with Crippen LogP contribution in [0.15, 0.2) is 18.2 Å². The van der Waals surface area contributed by atoms with Gasteiger partial charge in [0.15, 0.2) is 11.5 Å². The summed E-state index contributed by atoms with van der Waals surface area (Å²) in [5.41, 5.74) is 0.680. The van der Waals surface area contributed by atoms with E-state index in [1.807, 2.05) is 24.1 Å². The van der Waals surface area contributed by atoms with E-state index in [0.717, 1.165) is 26.1 Å². The Morgan fingerprint density at radius 2 is 2.25 bits per heavy atom. The highest BCUT2D eigenvalue weighted by Crippen LogP contribution is 2.33. The number of nitrogens with zero attached hydrogens (tertiary/aromatic N) is 1. The lowest BCUT2D eigenvalue weighted by Crippen LogP contribution is -2.42. The van der Waals surface area contributed by atoms with Crippen molar-refractivity contribution in [3.63, 3.8) is 0 Å². The first-order valence-corrected chi connectivity index (χ1v) is 7.11. The highest BCUT2D eigenvalue weighted by atomic mass is 16.7. The van der Waals surface area contributed by atoms with Crippen LogP contribution in [0.25, 0.3) is 0 Å². The van der Waals surface area contributed by atoms with E-state index in [2.05, 4.69) is 5.32 Å². The van der Waals surface area contributed by atoms with Gasteiger partial charge in [-0.1, -0.05) is 0 Å². The second-order valence-electron chi connectivity index (χ2n) is 5.39. The fourth-order valence-electron chi connectivity index (χ4n) is 2.92. The molecule has 2 aliphatic rings. The number of carbonyl (C=O) groups is 1. The van der Waals surface area contributed by atoms with Crippen molar-refractivity contribution in [1.82, 2.24) is 10.2 Å². The van der Waals surface area contributed by atoms with Crippen molar-refractivity contribution in [3.05, 3.63) is 23.8 Å². The predicted octanol–water partition coefficient (Wildman–Crippen LogP) is 1.49. The molecule has 20 heavy (non-hydrogen) atoms. The molecule has 3 rings (SSSR count). The van der Waals surface area contributed by atoms with Crippen molar-refractivity contribution >= 4 is 5.91 Å². The molecule has 1 N–H and O–H groups in total. The molecule has 0 bridgehead atoms. The number of nitrogens with one attached hydrogen (secondary N) is 1. The summed E-state index contributed by atoms with van der Waals surface area (Å²) in [5, 5.41) is 3.20. The lowest BCUT2D eigenvalue weighted by atomic mass is 9.97. The van der Waals surface area contributed by atoms with Gasteiger partial charge < -0.3 is 19.7 Å². The fourth-order valence-corrected chi connectivity index (χ4v) is 2.92. The molecule has 0 radical (unpaired) electrons. The minimum Gasteiger partial charge on any atom is -0.454 e. The summed E-state index contributed by atoms with van der Waals surface area (Å²) in [6.45, 7) is 2.87. The van der Waals surface area contributed by atoms with Gasteiger partial charge in [0, 0.05) is 18.7 Å². The van der Waals surface area contributed by atoms with Crippen LogP contribution < -0.4 is 14.8 Å². The molecular weight excluding hydrogens is 256 g/mol. The Morgan fingerprint density at radius 1 is 1.40 bits per heavy atom. The smallest absolute Gasteiger partial charge is 0.254 e. The molecule has 1 saturated heterocycles. The summed E-state index contributed by atoms with van der Waals surface area (Å²) in [5.74, 6) is 2.02. The highest BCUT2D eigenvalue weighted by Gasteiger charge is 2.25. The Morgan fingerprint density at radius 3 is 3.10 bits per heavy atom. The standard InChI is InChI=1S/C15H20N2O3/c1-16-8-11-3-2-6-17(9-11)15(18)12-4-5-13-14(7-12)20-10-19-13/h4-5,7,11,16H,2-3,6,8-10H2,1H3. The number of amides is 1. The summed E-state index contributed by atoms with van der Waals surface area (Å²) < 4.78 is 10.6. The topological polar surface area (TPSA) is 50.8 Å². The molecule has 108 valence electrons. The van der Waals surface area contributed by atoms with E-state index < -0.39 is 0 Å². The zero-order valence-electron chi connectivity index (χ0n) is 11.7. The molecule has 0 saturated carbocycles. The number of hydrogen-bond acceptors (Lipinski definition) is 4. The van der Waals surface area contributed by atoms with Crippen LogP contribution in [-0.2, 0) is 0 Å². The number of fused-ring (bicyclic) bond motifs is 1. The average molecular weight is 276 g/mol. The molecule has 2 heterocycles. The second kappa shape index (κ2) is 5.71. The lowest BCUT2D eigenvalue weighted by molar-refractivity contribution is 0.0674. The van der Waals surface area contributed by atoms with Gasteiger partial charge >= 0.3 is 0 Å². The quantitative estimate of drug-likeness (QED) is 0.908.